The van der Waals surface area contributed by atoms with Gasteiger partial charge in [0.15, 0.2) is 23.0 Å². The number of carbonyl (C=O) groups excluding carboxylic acids is 1. The van der Waals surface area contributed by atoms with Crippen LogP contribution < -0.4 is 24.3 Å². The lowest BCUT2D eigenvalue weighted by Gasteiger charge is -2.14. The minimum atomic E-state index is -0.545. The molecule has 36 heavy (non-hydrogen) atoms. The highest BCUT2D eigenvalue weighted by atomic mass is 79.9. The first kappa shape index (κ1) is 25.4. The number of benzene rings is 3. The van der Waals surface area contributed by atoms with Gasteiger partial charge < -0.3 is 24.3 Å². The van der Waals surface area contributed by atoms with Crippen molar-refractivity contribution in [3.8, 4) is 29.1 Å². The van der Waals surface area contributed by atoms with Gasteiger partial charge in [0.2, 0.25) is 6.79 Å². The molecule has 7 nitrogen and oxygen atoms in total. The van der Waals surface area contributed by atoms with E-state index in [0.29, 0.717) is 55.9 Å². The second-order valence-corrected chi connectivity index (χ2v) is 9.03. The number of nitriles is 1. The quantitative estimate of drug-likeness (QED) is 0.241. The van der Waals surface area contributed by atoms with Crippen molar-refractivity contribution in [1.29, 1.82) is 5.26 Å². The van der Waals surface area contributed by atoms with Gasteiger partial charge in [0.05, 0.1) is 6.61 Å². The zero-order valence-corrected chi connectivity index (χ0v) is 21.9. The number of hydrogen-bond acceptors (Lipinski definition) is 6. The van der Waals surface area contributed by atoms with Crippen LogP contribution in [0.5, 0.6) is 23.0 Å². The summed E-state index contributed by atoms with van der Waals surface area (Å²) < 4.78 is 23.2. The van der Waals surface area contributed by atoms with Gasteiger partial charge in [-0.1, -0.05) is 39.7 Å². The normalized spacial score (nSPS) is 12.1. The van der Waals surface area contributed by atoms with Crippen LogP contribution in [0.2, 0.25) is 5.02 Å². The first-order valence-electron chi connectivity index (χ1n) is 11.1. The van der Waals surface area contributed by atoms with E-state index in [2.05, 4.69) is 21.2 Å². The first-order valence-corrected chi connectivity index (χ1v) is 12.2. The van der Waals surface area contributed by atoms with Crippen LogP contribution in [0.15, 0.2) is 58.6 Å². The Kier molecular flexibility index (Phi) is 8.04. The first-order chi connectivity index (χ1) is 17.4. The van der Waals surface area contributed by atoms with Gasteiger partial charge in [-0.15, -0.1) is 0 Å². The highest BCUT2D eigenvalue weighted by Crippen LogP contribution is 2.37. The minimum Gasteiger partial charge on any atom is -0.490 e. The molecule has 4 rings (SSSR count). The van der Waals surface area contributed by atoms with Gasteiger partial charge in [0.25, 0.3) is 5.91 Å². The number of amides is 1. The SMILES string of the molecule is CCOc1cc(/C=C(\C#N)C(=O)Nc2cccc(Cl)c2C)c(Br)cc1OCc1ccc2c(c1)OCO2. The highest BCUT2D eigenvalue weighted by molar-refractivity contribution is 9.10. The monoisotopic (exact) mass is 568 g/mol. The summed E-state index contributed by atoms with van der Waals surface area (Å²) in [5.74, 6) is 1.83. The van der Waals surface area contributed by atoms with Crippen LogP contribution in [0.3, 0.4) is 0 Å². The standard InChI is InChI=1S/C27H22BrClN2O5/c1-3-33-25-11-18(10-19(13-30)27(32)31-22-6-4-5-21(29)16(22)2)20(28)12-26(25)34-14-17-7-8-23-24(9-17)36-15-35-23/h4-12H,3,14-15H2,1-2H3,(H,31,32)/b19-10+. The van der Waals surface area contributed by atoms with Crippen molar-refractivity contribution in [2.45, 2.75) is 20.5 Å². The molecule has 0 saturated carbocycles. The number of nitrogens with one attached hydrogen (secondary N) is 1. The van der Waals surface area contributed by atoms with Gasteiger partial charge in [0.1, 0.15) is 18.2 Å². The number of anilines is 1. The minimum absolute atomic E-state index is 0.0773. The number of carbonyl (C=O) groups is 1. The van der Waals surface area contributed by atoms with Crippen molar-refractivity contribution in [1.82, 2.24) is 0 Å². The van der Waals surface area contributed by atoms with Crippen LogP contribution in [0.4, 0.5) is 5.69 Å². The molecule has 9 heteroatoms. The van der Waals surface area contributed by atoms with Gasteiger partial charge in [0, 0.05) is 15.2 Å². The maximum atomic E-state index is 12.8. The molecule has 0 unspecified atom stereocenters. The maximum absolute atomic E-state index is 12.8. The molecule has 0 bridgehead atoms. The smallest absolute Gasteiger partial charge is 0.266 e. The lowest BCUT2D eigenvalue weighted by Crippen LogP contribution is -2.14. The molecule has 3 aromatic carbocycles. The molecule has 1 N–H and O–H groups in total. The van der Waals surface area contributed by atoms with Crippen LogP contribution >= 0.6 is 27.5 Å². The van der Waals surface area contributed by atoms with E-state index in [1.807, 2.05) is 31.2 Å². The van der Waals surface area contributed by atoms with E-state index < -0.39 is 5.91 Å². The molecule has 0 spiro atoms. The topological polar surface area (TPSA) is 89.8 Å². The fourth-order valence-electron chi connectivity index (χ4n) is 3.47. The second-order valence-electron chi connectivity index (χ2n) is 7.77. The van der Waals surface area contributed by atoms with E-state index in [0.717, 1.165) is 5.56 Å². The van der Waals surface area contributed by atoms with Gasteiger partial charge in [-0.3, -0.25) is 4.79 Å². The predicted octanol–water partition coefficient (Wildman–Crippen LogP) is 6.66. The number of fused-ring (bicyclic) bond motifs is 1. The summed E-state index contributed by atoms with van der Waals surface area (Å²) in [6, 6.07) is 16.2. The Balaban J connectivity index is 1.56. The van der Waals surface area contributed by atoms with Crippen LogP contribution in [0.1, 0.15) is 23.6 Å². The molecule has 3 aromatic rings. The number of ether oxygens (including phenoxy) is 4. The van der Waals surface area contributed by atoms with Crippen LogP contribution in [0, 0.1) is 18.3 Å². The van der Waals surface area contributed by atoms with E-state index in [9.17, 15) is 10.1 Å². The summed E-state index contributed by atoms with van der Waals surface area (Å²) in [5, 5.41) is 12.9. The average Bonchev–Trinajstić information content (AvgIpc) is 3.34. The summed E-state index contributed by atoms with van der Waals surface area (Å²) in [5.41, 5.74) is 2.67. The van der Waals surface area contributed by atoms with Crippen LogP contribution in [-0.2, 0) is 11.4 Å². The predicted molar refractivity (Wildman–Crippen MR) is 141 cm³/mol. The van der Waals surface area contributed by atoms with Crippen LogP contribution in [0.25, 0.3) is 6.08 Å². The maximum Gasteiger partial charge on any atom is 0.266 e. The number of nitrogens with zero attached hydrogens (tertiary/aromatic N) is 1. The van der Waals surface area contributed by atoms with E-state index >= 15 is 0 Å². The Bertz CT molecular complexity index is 1380. The van der Waals surface area contributed by atoms with Gasteiger partial charge >= 0.3 is 0 Å². The zero-order chi connectivity index (χ0) is 25.7. The van der Waals surface area contributed by atoms with Crippen molar-refractivity contribution in [3.05, 3.63) is 80.3 Å². The molecule has 1 heterocycles. The summed E-state index contributed by atoms with van der Waals surface area (Å²) in [6.07, 6.45) is 1.49. The molecule has 1 aliphatic heterocycles. The lowest BCUT2D eigenvalue weighted by atomic mass is 10.1. The van der Waals surface area contributed by atoms with E-state index in [4.69, 9.17) is 30.5 Å². The van der Waals surface area contributed by atoms with E-state index in [-0.39, 0.29) is 19.0 Å². The average molecular weight is 570 g/mol. The Morgan fingerprint density at radius 1 is 1.17 bits per heavy atom. The van der Waals surface area contributed by atoms with Crippen molar-refractivity contribution in [2.75, 3.05) is 18.7 Å². The van der Waals surface area contributed by atoms with E-state index in [1.54, 1.807) is 37.3 Å². The van der Waals surface area contributed by atoms with Gasteiger partial charge in [-0.25, -0.2) is 0 Å². The summed E-state index contributed by atoms with van der Waals surface area (Å²) >= 11 is 9.66. The Labute approximate surface area is 222 Å². The Morgan fingerprint density at radius 2 is 1.94 bits per heavy atom. The Morgan fingerprint density at radius 3 is 2.72 bits per heavy atom. The lowest BCUT2D eigenvalue weighted by molar-refractivity contribution is -0.112. The highest BCUT2D eigenvalue weighted by Gasteiger charge is 2.17. The number of hydrogen-bond donors (Lipinski definition) is 1. The molecule has 0 aliphatic carbocycles. The molecule has 184 valence electrons. The van der Waals surface area contributed by atoms with Crippen LogP contribution in [-0.4, -0.2) is 19.3 Å². The molecule has 0 aromatic heterocycles. The third kappa shape index (κ3) is 5.76. The number of halogens is 2. The third-order valence-corrected chi connectivity index (χ3v) is 6.47. The largest absolute Gasteiger partial charge is 0.490 e. The summed E-state index contributed by atoms with van der Waals surface area (Å²) in [6.45, 7) is 4.55. The molecular formula is C27H22BrClN2O5. The van der Waals surface area contributed by atoms with Crippen molar-refractivity contribution in [2.24, 2.45) is 0 Å². The summed E-state index contributed by atoms with van der Waals surface area (Å²) in [4.78, 5) is 12.8. The van der Waals surface area contributed by atoms with Gasteiger partial charge in [-0.2, -0.15) is 5.26 Å². The molecule has 1 aliphatic rings. The molecule has 1 amide bonds. The second kappa shape index (κ2) is 11.4. The molecular weight excluding hydrogens is 548 g/mol. The molecule has 0 radical (unpaired) electrons. The van der Waals surface area contributed by atoms with Crippen molar-refractivity contribution < 1.29 is 23.7 Å². The Hall–Kier alpha value is -3.67. The molecule has 0 atom stereocenters. The van der Waals surface area contributed by atoms with Crippen molar-refractivity contribution >= 4 is 45.2 Å². The van der Waals surface area contributed by atoms with Crippen molar-refractivity contribution in [3.63, 3.8) is 0 Å². The number of rotatable bonds is 8. The fraction of sp³-hybridized carbons (Fsp3) is 0.185. The molecule has 0 fully saturated rings. The summed E-state index contributed by atoms with van der Waals surface area (Å²) in [7, 11) is 0. The zero-order valence-electron chi connectivity index (χ0n) is 19.6. The third-order valence-electron chi connectivity index (χ3n) is 5.38. The fourth-order valence-corrected chi connectivity index (χ4v) is 4.08. The molecule has 0 saturated heterocycles. The van der Waals surface area contributed by atoms with E-state index in [1.165, 1.54) is 6.08 Å². The van der Waals surface area contributed by atoms with Gasteiger partial charge in [-0.05, 0) is 73.0 Å².